The number of hydrogen-bond donors (Lipinski definition) is 2. The van der Waals surface area contributed by atoms with Gasteiger partial charge in [0.15, 0.2) is 0 Å². The maximum Gasteiger partial charge on any atom is 0.249 e. The van der Waals surface area contributed by atoms with Gasteiger partial charge in [-0.15, -0.1) is 0 Å². The molecule has 0 unspecified atom stereocenters. The number of benzene rings is 1. The molecule has 0 bridgehead atoms. The Kier molecular flexibility index (Phi) is 5.58. The zero-order valence-electron chi connectivity index (χ0n) is 14.3. The summed E-state index contributed by atoms with van der Waals surface area (Å²) in [6, 6.07) is 9.33. The van der Waals surface area contributed by atoms with Crippen molar-refractivity contribution in [3.63, 3.8) is 0 Å². The Morgan fingerprint density at radius 2 is 2.04 bits per heavy atom. The Morgan fingerprint density at radius 3 is 2.80 bits per heavy atom. The van der Waals surface area contributed by atoms with Crippen molar-refractivity contribution in [2.24, 2.45) is 11.7 Å². The van der Waals surface area contributed by atoms with E-state index in [-0.39, 0.29) is 17.7 Å². The van der Waals surface area contributed by atoms with Crippen LogP contribution in [-0.2, 0) is 4.79 Å². The van der Waals surface area contributed by atoms with Crippen LogP contribution in [0.3, 0.4) is 0 Å². The number of amides is 2. The summed E-state index contributed by atoms with van der Waals surface area (Å²) >= 11 is 1.33. The second-order valence-corrected chi connectivity index (χ2v) is 7.61. The predicted octanol–water partition coefficient (Wildman–Crippen LogP) is 3.12. The van der Waals surface area contributed by atoms with Gasteiger partial charge in [0.05, 0.1) is 21.9 Å². The summed E-state index contributed by atoms with van der Waals surface area (Å²) in [7, 11) is 0. The molecular weight excluding hydrogens is 334 g/mol. The number of carbonyl (C=O) groups is 2. The Morgan fingerprint density at radius 1 is 1.28 bits per heavy atom. The van der Waals surface area contributed by atoms with Crippen LogP contribution < -0.4 is 11.1 Å². The van der Waals surface area contributed by atoms with E-state index in [2.05, 4.69) is 17.2 Å². The first kappa shape index (κ1) is 17.7. The smallest absolute Gasteiger partial charge is 0.249 e. The first-order valence-electron chi connectivity index (χ1n) is 8.66. The van der Waals surface area contributed by atoms with Crippen molar-refractivity contribution in [3.8, 4) is 0 Å². The molecule has 0 radical (unpaired) electrons. The number of nitrogens with one attached hydrogen (secondary N) is 1. The van der Waals surface area contributed by atoms with Crippen LogP contribution in [0.2, 0.25) is 0 Å². The van der Waals surface area contributed by atoms with Gasteiger partial charge in [-0.1, -0.05) is 49.7 Å². The molecule has 1 heterocycles. The Balaban J connectivity index is 1.68. The highest BCUT2D eigenvalue weighted by atomic mass is 32.2. The molecule has 5 nitrogen and oxygen atoms in total. The number of primary amides is 1. The molecule has 25 heavy (non-hydrogen) atoms. The number of pyridine rings is 1. The monoisotopic (exact) mass is 357 g/mol. The third-order valence-corrected chi connectivity index (χ3v) is 5.68. The van der Waals surface area contributed by atoms with Crippen molar-refractivity contribution in [1.29, 1.82) is 0 Å². The summed E-state index contributed by atoms with van der Waals surface area (Å²) in [6.45, 7) is 2.20. The predicted molar refractivity (Wildman–Crippen MR) is 101 cm³/mol. The molecule has 1 fully saturated rings. The van der Waals surface area contributed by atoms with Gasteiger partial charge in [0, 0.05) is 11.4 Å². The lowest BCUT2D eigenvalue weighted by molar-refractivity contribution is -0.119. The van der Waals surface area contributed by atoms with Gasteiger partial charge in [0.2, 0.25) is 11.8 Å². The molecule has 1 aromatic carbocycles. The van der Waals surface area contributed by atoms with Crippen LogP contribution in [0.4, 0.5) is 0 Å². The van der Waals surface area contributed by atoms with E-state index >= 15 is 0 Å². The van der Waals surface area contributed by atoms with Crippen LogP contribution in [-0.4, -0.2) is 28.6 Å². The first-order chi connectivity index (χ1) is 12.0. The largest absolute Gasteiger partial charge is 0.366 e. The van der Waals surface area contributed by atoms with Gasteiger partial charge in [0.1, 0.15) is 0 Å². The van der Waals surface area contributed by atoms with E-state index in [9.17, 15) is 9.59 Å². The third kappa shape index (κ3) is 4.31. The fourth-order valence-corrected chi connectivity index (χ4v) is 4.07. The molecule has 2 atom stereocenters. The Labute approximate surface area is 151 Å². The topological polar surface area (TPSA) is 85.1 Å². The van der Waals surface area contributed by atoms with Crippen molar-refractivity contribution >= 4 is 34.5 Å². The molecule has 3 N–H and O–H groups in total. The van der Waals surface area contributed by atoms with Crippen molar-refractivity contribution < 1.29 is 9.59 Å². The highest BCUT2D eigenvalue weighted by Crippen LogP contribution is 2.25. The van der Waals surface area contributed by atoms with E-state index in [1.807, 2.05) is 24.3 Å². The van der Waals surface area contributed by atoms with Crippen molar-refractivity contribution in [2.45, 2.75) is 43.7 Å². The van der Waals surface area contributed by atoms with Gasteiger partial charge in [-0.05, 0) is 30.9 Å². The molecule has 1 saturated carbocycles. The van der Waals surface area contributed by atoms with Crippen LogP contribution >= 0.6 is 11.8 Å². The van der Waals surface area contributed by atoms with Gasteiger partial charge in [-0.2, -0.15) is 0 Å². The van der Waals surface area contributed by atoms with Gasteiger partial charge in [-0.25, -0.2) is 4.98 Å². The number of para-hydroxylation sites is 1. The number of thioether (sulfide) groups is 1. The average molecular weight is 357 g/mol. The molecular formula is C19H23N3O2S. The molecule has 0 saturated heterocycles. The molecule has 0 aliphatic heterocycles. The summed E-state index contributed by atoms with van der Waals surface area (Å²) in [6.07, 6.45) is 4.65. The molecule has 1 aromatic heterocycles. The van der Waals surface area contributed by atoms with Crippen LogP contribution in [0, 0.1) is 5.92 Å². The molecule has 1 aliphatic rings. The van der Waals surface area contributed by atoms with Gasteiger partial charge >= 0.3 is 0 Å². The number of aromatic nitrogens is 1. The quantitative estimate of drug-likeness (QED) is 0.805. The number of hydrogen-bond acceptors (Lipinski definition) is 4. The molecule has 3 rings (SSSR count). The van der Waals surface area contributed by atoms with E-state index < -0.39 is 5.91 Å². The normalized spacial score (nSPS) is 20.4. The zero-order chi connectivity index (χ0) is 17.8. The van der Waals surface area contributed by atoms with Crippen molar-refractivity contribution in [3.05, 3.63) is 35.9 Å². The second-order valence-electron chi connectivity index (χ2n) is 6.61. The Hall–Kier alpha value is -2.08. The van der Waals surface area contributed by atoms with Crippen molar-refractivity contribution in [1.82, 2.24) is 10.3 Å². The summed E-state index contributed by atoms with van der Waals surface area (Å²) in [5.41, 5.74) is 6.64. The molecule has 6 heteroatoms. The third-order valence-electron chi connectivity index (χ3n) is 4.77. The highest BCUT2D eigenvalue weighted by molar-refractivity contribution is 7.99. The van der Waals surface area contributed by atoms with Crippen LogP contribution in [0.25, 0.3) is 10.9 Å². The summed E-state index contributed by atoms with van der Waals surface area (Å²) in [4.78, 5) is 28.5. The molecule has 0 spiro atoms. The molecule has 2 amide bonds. The minimum atomic E-state index is -0.485. The number of nitrogens with zero attached hydrogens (tertiary/aromatic N) is 1. The lowest BCUT2D eigenvalue weighted by Gasteiger charge is -2.29. The molecule has 2 aromatic rings. The van der Waals surface area contributed by atoms with Gasteiger partial charge in [0.25, 0.3) is 0 Å². The summed E-state index contributed by atoms with van der Waals surface area (Å²) < 4.78 is 0. The fourth-order valence-electron chi connectivity index (χ4n) is 3.35. The first-order valence-corrected chi connectivity index (χ1v) is 9.65. The SMILES string of the molecule is C[C@@H]1CCCC[C@@H]1NC(=O)CSc1cc(C(N)=O)c2ccccc2n1. The van der Waals surface area contributed by atoms with Gasteiger partial charge in [-0.3, -0.25) is 9.59 Å². The standard InChI is InChI=1S/C19H23N3O2S/c1-12-6-2-4-8-15(12)21-17(23)11-25-18-10-14(19(20)24)13-7-3-5-9-16(13)22-18/h3,5,7,9-10,12,15H,2,4,6,8,11H2,1H3,(H2,20,24)(H,21,23)/t12-,15+/m1/s1. The number of fused-ring (bicyclic) bond motifs is 1. The van der Waals surface area contributed by atoms with E-state index in [4.69, 9.17) is 5.73 Å². The maximum atomic E-state index is 12.3. The van der Waals surface area contributed by atoms with Crippen LogP contribution in [0.5, 0.6) is 0 Å². The lowest BCUT2D eigenvalue weighted by Crippen LogP contribution is -2.41. The van der Waals surface area contributed by atoms with Crippen molar-refractivity contribution in [2.75, 3.05) is 5.75 Å². The number of carbonyl (C=O) groups excluding carboxylic acids is 2. The van der Waals surface area contributed by atoms with E-state index in [1.165, 1.54) is 31.0 Å². The minimum Gasteiger partial charge on any atom is -0.366 e. The summed E-state index contributed by atoms with van der Waals surface area (Å²) in [5, 5.41) is 4.51. The average Bonchev–Trinajstić information content (AvgIpc) is 2.61. The molecule has 1 aliphatic carbocycles. The highest BCUT2D eigenvalue weighted by Gasteiger charge is 2.22. The van der Waals surface area contributed by atoms with Crippen LogP contribution in [0.15, 0.2) is 35.4 Å². The fraction of sp³-hybridized carbons (Fsp3) is 0.421. The van der Waals surface area contributed by atoms with E-state index in [0.717, 1.165) is 11.8 Å². The number of rotatable bonds is 5. The number of nitrogens with two attached hydrogens (primary N) is 1. The second kappa shape index (κ2) is 7.87. The van der Waals surface area contributed by atoms with Crippen LogP contribution in [0.1, 0.15) is 43.0 Å². The Bertz CT molecular complexity index is 793. The maximum absolute atomic E-state index is 12.3. The van der Waals surface area contributed by atoms with Gasteiger partial charge < -0.3 is 11.1 Å². The zero-order valence-corrected chi connectivity index (χ0v) is 15.1. The summed E-state index contributed by atoms with van der Waals surface area (Å²) in [5.74, 6) is 0.343. The van der Waals surface area contributed by atoms with E-state index in [1.54, 1.807) is 6.07 Å². The van der Waals surface area contributed by atoms with E-state index in [0.29, 0.717) is 22.0 Å². The molecule has 132 valence electrons. The minimum absolute atomic E-state index is 0.0133. The lowest BCUT2D eigenvalue weighted by atomic mass is 9.86.